The maximum atomic E-state index is 13.5. The average molecular weight is 499 g/mol. The molecule has 2 N–H and O–H groups in total. The third-order valence-electron chi connectivity index (χ3n) is 4.35. The van der Waals surface area contributed by atoms with Gasteiger partial charge in [0.15, 0.2) is 22.7 Å². The van der Waals surface area contributed by atoms with Gasteiger partial charge >= 0.3 is 0 Å². The summed E-state index contributed by atoms with van der Waals surface area (Å²) in [5.74, 6) is 0.0954. The molecule has 34 heavy (non-hydrogen) atoms. The summed E-state index contributed by atoms with van der Waals surface area (Å²) in [6.45, 7) is -0.0968. The molecule has 0 radical (unpaired) electrons. The van der Waals surface area contributed by atoms with Crippen molar-refractivity contribution in [1.29, 1.82) is 0 Å². The first-order valence-corrected chi connectivity index (χ1v) is 11.9. The Hall–Kier alpha value is -3.77. The highest BCUT2D eigenvalue weighted by Gasteiger charge is 2.17. The number of benzene rings is 2. The molecule has 0 atom stereocenters. The topological polar surface area (TPSA) is 111 Å². The Labute approximate surface area is 202 Å². The van der Waals surface area contributed by atoms with E-state index in [9.17, 15) is 14.0 Å². The number of nitrogens with one attached hydrogen (secondary N) is 2. The number of carbonyl (C=O) groups is 2. The third-order valence-corrected chi connectivity index (χ3v) is 5.97. The maximum Gasteiger partial charge on any atom is 0.258 e. The van der Waals surface area contributed by atoms with Crippen molar-refractivity contribution in [3.63, 3.8) is 0 Å². The average Bonchev–Trinajstić information content (AvgIpc) is 3.51. The molecule has 0 aliphatic heterocycles. The lowest BCUT2D eigenvalue weighted by molar-refractivity contribution is -0.123. The summed E-state index contributed by atoms with van der Waals surface area (Å²) in [5, 5.41) is 16.5. The van der Waals surface area contributed by atoms with Gasteiger partial charge in [-0.15, -0.1) is 21.5 Å². The molecule has 174 valence electrons. The van der Waals surface area contributed by atoms with Gasteiger partial charge in [0.05, 0.1) is 12.3 Å². The van der Waals surface area contributed by atoms with Gasteiger partial charge in [-0.1, -0.05) is 30.0 Å². The second-order valence-electron chi connectivity index (χ2n) is 6.76. The number of hydrogen-bond acceptors (Lipinski definition) is 8. The number of thioether (sulfide) groups is 1. The number of thiazole rings is 1. The van der Waals surface area contributed by atoms with Crippen molar-refractivity contribution in [2.45, 2.75) is 11.7 Å². The Morgan fingerprint density at radius 3 is 2.59 bits per heavy atom. The molecule has 0 saturated heterocycles. The third kappa shape index (κ3) is 6.39. The smallest absolute Gasteiger partial charge is 0.258 e. The molecule has 9 nitrogen and oxygen atoms in total. The van der Waals surface area contributed by atoms with Gasteiger partial charge in [0, 0.05) is 17.3 Å². The van der Waals surface area contributed by atoms with Gasteiger partial charge in [-0.3, -0.25) is 14.2 Å². The summed E-state index contributed by atoms with van der Waals surface area (Å²) < 4.78 is 20.6. The van der Waals surface area contributed by atoms with Gasteiger partial charge in [0.2, 0.25) is 5.91 Å². The van der Waals surface area contributed by atoms with Crippen LogP contribution in [0.3, 0.4) is 0 Å². The van der Waals surface area contributed by atoms with Crippen molar-refractivity contribution in [1.82, 2.24) is 25.1 Å². The van der Waals surface area contributed by atoms with Gasteiger partial charge in [-0.2, -0.15) is 0 Å². The number of amides is 2. The van der Waals surface area contributed by atoms with Crippen LogP contribution in [0.1, 0.15) is 5.82 Å². The van der Waals surface area contributed by atoms with Crippen LogP contribution >= 0.6 is 23.1 Å². The van der Waals surface area contributed by atoms with E-state index in [-0.39, 0.29) is 36.5 Å². The van der Waals surface area contributed by atoms with Crippen LogP contribution in [0.25, 0.3) is 5.69 Å². The zero-order valence-corrected chi connectivity index (χ0v) is 19.3. The van der Waals surface area contributed by atoms with E-state index in [1.807, 2.05) is 18.2 Å². The predicted molar refractivity (Wildman–Crippen MR) is 127 cm³/mol. The number of nitrogens with zero attached hydrogens (tertiary/aromatic N) is 4. The largest absolute Gasteiger partial charge is 0.484 e. The molecule has 0 aliphatic rings. The Balaban J connectivity index is 1.42. The van der Waals surface area contributed by atoms with E-state index in [4.69, 9.17) is 4.74 Å². The SMILES string of the molecule is O=C(COc1ccccc1)NCc1nnc(SCC(=O)Nc2nccs2)n1-c1ccc(F)cc1. The number of aromatic nitrogens is 4. The van der Waals surface area contributed by atoms with Crippen LogP contribution in [0.5, 0.6) is 5.75 Å². The molecule has 4 aromatic rings. The highest BCUT2D eigenvalue weighted by molar-refractivity contribution is 7.99. The summed E-state index contributed by atoms with van der Waals surface area (Å²) in [7, 11) is 0. The van der Waals surface area contributed by atoms with E-state index < -0.39 is 0 Å². The fourth-order valence-electron chi connectivity index (χ4n) is 2.82. The van der Waals surface area contributed by atoms with E-state index in [1.54, 1.807) is 40.4 Å². The molecule has 0 aliphatic carbocycles. The number of anilines is 1. The second-order valence-corrected chi connectivity index (χ2v) is 8.60. The number of ether oxygens (including phenoxy) is 1. The van der Waals surface area contributed by atoms with Crippen LogP contribution < -0.4 is 15.4 Å². The first kappa shape index (κ1) is 23.4. The van der Waals surface area contributed by atoms with Crippen LogP contribution in [0.15, 0.2) is 71.3 Å². The highest BCUT2D eigenvalue weighted by Crippen LogP contribution is 2.23. The summed E-state index contributed by atoms with van der Waals surface area (Å²) in [4.78, 5) is 28.5. The van der Waals surface area contributed by atoms with Gasteiger partial charge < -0.3 is 15.4 Å². The summed E-state index contributed by atoms with van der Waals surface area (Å²) >= 11 is 2.48. The van der Waals surface area contributed by atoms with Crippen molar-refractivity contribution < 1.29 is 18.7 Å². The minimum atomic E-state index is -0.387. The number of hydrogen-bond donors (Lipinski definition) is 2. The van der Waals surface area contributed by atoms with Gasteiger partial charge in [0.1, 0.15) is 11.6 Å². The van der Waals surface area contributed by atoms with Gasteiger partial charge in [-0.05, 0) is 36.4 Å². The molecule has 0 bridgehead atoms. The van der Waals surface area contributed by atoms with E-state index in [2.05, 4.69) is 25.8 Å². The molecule has 0 saturated carbocycles. The quantitative estimate of drug-likeness (QED) is 0.323. The van der Waals surface area contributed by atoms with Crippen molar-refractivity contribution >= 4 is 40.0 Å². The van der Waals surface area contributed by atoms with E-state index in [0.29, 0.717) is 27.5 Å². The molecule has 2 aromatic carbocycles. The maximum absolute atomic E-state index is 13.5. The first-order valence-electron chi connectivity index (χ1n) is 10.1. The van der Waals surface area contributed by atoms with Crippen LogP contribution in [0.2, 0.25) is 0 Å². The molecule has 2 heterocycles. The monoisotopic (exact) mass is 498 g/mol. The van der Waals surface area contributed by atoms with Crippen LogP contribution in [-0.2, 0) is 16.1 Å². The Bertz CT molecular complexity index is 1230. The van der Waals surface area contributed by atoms with Crippen molar-refractivity contribution in [3.05, 3.63) is 77.8 Å². The molecule has 4 rings (SSSR count). The van der Waals surface area contributed by atoms with Crippen molar-refractivity contribution in [2.24, 2.45) is 0 Å². The number of carbonyl (C=O) groups excluding carboxylic acids is 2. The summed E-state index contributed by atoms with van der Waals surface area (Å²) in [5.41, 5.74) is 0.596. The Kier molecular flexibility index (Phi) is 7.83. The lowest BCUT2D eigenvalue weighted by Crippen LogP contribution is -2.29. The van der Waals surface area contributed by atoms with Crippen molar-refractivity contribution in [2.75, 3.05) is 17.7 Å². The standard InChI is InChI=1S/C22H19FN6O3S2/c23-15-6-8-16(9-7-15)29-18(12-25-19(30)13-32-17-4-2-1-3-5-17)27-28-22(29)34-14-20(31)26-21-24-10-11-33-21/h1-11H,12-14H2,(H,25,30)(H,24,26,31). The van der Waals surface area contributed by atoms with Crippen LogP contribution in [-0.4, -0.2) is 43.9 Å². The highest BCUT2D eigenvalue weighted by atomic mass is 32.2. The zero-order valence-electron chi connectivity index (χ0n) is 17.7. The Morgan fingerprint density at radius 1 is 1.06 bits per heavy atom. The molecule has 2 amide bonds. The first-order chi connectivity index (χ1) is 16.6. The molecular weight excluding hydrogens is 479 g/mol. The fraction of sp³-hybridized carbons (Fsp3) is 0.136. The minimum absolute atomic E-state index is 0.0627. The number of halogens is 1. The second kappa shape index (κ2) is 11.4. The lowest BCUT2D eigenvalue weighted by Gasteiger charge is -2.11. The van der Waals surface area contributed by atoms with Crippen molar-refractivity contribution in [3.8, 4) is 11.4 Å². The van der Waals surface area contributed by atoms with Crippen LogP contribution in [0, 0.1) is 5.82 Å². The van der Waals surface area contributed by atoms with Gasteiger partial charge in [-0.25, -0.2) is 9.37 Å². The predicted octanol–water partition coefficient (Wildman–Crippen LogP) is 3.29. The molecule has 12 heteroatoms. The van der Waals surface area contributed by atoms with E-state index in [1.165, 1.54) is 23.5 Å². The molecule has 2 aromatic heterocycles. The minimum Gasteiger partial charge on any atom is -0.484 e. The van der Waals surface area contributed by atoms with Gasteiger partial charge in [0.25, 0.3) is 5.91 Å². The molecular formula is C22H19FN6O3S2. The molecule has 0 fully saturated rings. The number of rotatable bonds is 10. The normalized spacial score (nSPS) is 10.6. The fourth-order valence-corrected chi connectivity index (χ4v) is 4.14. The molecule has 0 unspecified atom stereocenters. The summed E-state index contributed by atoms with van der Waals surface area (Å²) in [6.07, 6.45) is 1.60. The van der Waals surface area contributed by atoms with E-state index >= 15 is 0 Å². The van der Waals surface area contributed by atoms with E-state index in [0.717, 1.165) is 11.8 Å². The Morgan fingerprint density at radius 2 is 1.85 bits per heavy atom. The zero-order chi connectivity index (χ0) is 23.8. The lowest BCUT2D eigenvalue weighted by atomic mass is 10.3. The summed E-state index contributed by atoms with van der Waals surface area (Å²) in [6, 6.07) is 14.8. The van der Waals surface area contributed by atoms with Crippen LogP contribution in [0.4, 0.5) is 9.52 Å². The molecule has 0 spiro atoms. The number of para-hydroxylation sites is 1.